The largest absolute Gasteiger partial charge is 1.00 e. The molecule has 1 N–H and O–H groups in total. The van der Waals surface area contributed by atoms with Gasteiger partial charge in [-0.3, -0.25) is 14.9 Å². The van der Waals surface area contributed by atoms with Gasteiger partial charge < -0.3 is 10.4 Å². The van der Waals surface area contributed by atoms with Gasteiger partial charge in [0.25, 0.3) is 11.6 Å². The number of benzene rings is 2. The van der Waals surface area contributed by atoms with Crippen molar-refractivity contribution < 1.29 is 44.4 Å². The Morgan fingerprint density at radius 1 is 1.20 bits per heavy atom. The Bertz CT molecular complexity index is 778. The van der Waals surface area contributed by atoms with E-state index in [4.69, 9.17) is 0 Å². The molecule has 1 amide bonds. The first-order chi connectivity index (χ1) is 11.4. The van der Waals surface area contributed by atoms with Crippen LogP contribution >= 0.6 is 0 Å². The van der Waals surface area contributed by atoms with Gasteiger partial charge in [0.2, 0.25) is 0 Å². The zero-order valence-corrected chi connectivity index (χ0v) is 16.7. The zero-order chi connectivity index (χ0) is 17.7. The third kappa shape index (κ3) is 5.56. The number of unbranched alkanes of at least 4 members (excludes halogenated alkanes) is 1. The van der Waals surface area contributed by atoms with E-state index in [1.807, 2.05) is 0 Å². The van der Waals surface area contributed by atoms with Gasteiger partial charge in [-0.05, 0) is 43.5 Å². The van der Waals surface area contributed by atoms with Gasteiger partial charge in [-0.15, -0.1) is 0 Å². The molecule has 0 aliphatic carbocycles. The van der Waals surface area contributed by atoms with Crippen molar-refractivity contribution in [2.45, 2.75) is 33.1 Å². The van der Waals surface area contributed by atoms with Crippen LogP contribution in [0.25, 0.3) is 0 Å². The minimum atomic E-state index is -0.508. The zero-order valence-electron chi connectivity index (χ0n) is 14.7. The van der Waals surface area contributed by atoms with Crippen LogP contribution in [0.5, 0.6) is 5.75 Å². The summed E-state index contributed by atoms with van der Waals surface area (Å²) in [6.07, 6.45) is 2.83. The number of carbonyl (C=O) groups is 1. The van der Waals surface area contributed by atoms with E-state index in [1.165, 1.54) is 24.3 Å². The molecule has 0 heterocycles. The average molecular weight is 350 g/mol. The first-order valence-electron chi connectivity index (χ1n) is 7.78. The van der Waals surface area contributed by atoms with Crippen LogP contribution in [0.1, 0.15) is 41.3 Å². The van der Waals surface area contributed by atoms with Crippen molar-refractivity contribution in [3.63, 3.8) is 0 Å². The van der Waals surface area contributed by atoms with Crippen LogP contribution in [0.15, 0.2) is 36.4 Å². The number of hydrogen-bond donors (Lipinski definition) is 1. The Hall–Kier alpha value is -1.89. The minimum Gasteiger partial charge on any atom is -0.872 e. The molecular formula is C18H19N2NaO4. The molecule has 2 aromatic rings. The molecule has 0 atom stereocenters. The number of hydrogen-bond acceptors (Lipinski definition) is 4. The molecule has 2 aromatic carbocycles. The number of nitrogens with zero attached hydrogens (tertiary/aromatic N) is 1. The number of rotatable bonds is 6. The van der Waals surface area contributed by atoms with Crippen LogP contribution in [0.3, 0.4) is 0 Å². The molecule has 0 saturated heterocycles. The second-order valence-corrected chi connectivity index (χ2v) is 5.65. The second kappa shape index (κ2) is 9.56. The molecule has 126 valence electrons. The predicted octanol–water partition coefficient (Wildman–Crippen LogP) is 0.576. The van der Waals surface area contributed by atoms with Crippen LogP contribution in [0.2, 0.25) is 0 Å². The van der Waals surface area contributed by atoms with Crippen molar-refractivity contribution in [1.82, 2.24) is 0 Å². The molecule has 0 radical (unpaired) electrons. The fourth-order valence-electron chi connectivity index (χ4n) is 2.43. The van der Waals surface area contributed by atoms with Gasteiger partial charge in [0.15, 0.2) is 0 Å². The Kier molecular flexibility index (Phi) is 8.09. The Labute approximate surface area is 168 Å². The number of anilines is 1. The van der Waals surface area contributed by atoms with Gasteiger partial charge in [0.1, 0.15) is 0 Å². The van der Waals surface area contributed by atoms with Crippen LogP contribution in [-0.2, 0) is 6.42 Å². The van der Waals surface area contributed by atoms with E-state index in [-0.39, 0.29) is 46.6 Å². The number of carbonyl (C=O) groups excluding carboxylic acids is 1. The Morgan fingerprint density at radius 2 is 1.92 bits per heavy atom. The summed E-state index contributed by atoms with van der Waals surface area (Å²) in [7, 11) is 0. The van der Waals surface area contributed by atoms with Gasteiger partial charge in [0, 0.05) is 22.9 Å². The molecule has 0 fully saturated rings. The summed E-state index contributed by atoms with van der Waals surface area (Å²) in [6.45, 7) is 3.67. The van der Waals surface area contributed by atoms with Crippen LogP contribution in [-0.4, -0.2) is 10.8 Å². The Morgan fingerprint density at radius 3 is 2.52 bits per heavy atom. The molecule has 0 bridgehead atoms. The summed E-state index contributed by atoms with van der Waals surface area (Å²) in [6, 6.07) is 9.06. The van der Waals surface area contributed by atoms with Gasteiger partial charge in [-0.2, -0.15) is 0 Å². The number of nitro groups is 1. The van der Waals surface area contributed by atoms with Gasteiger partial charge in [-0.25, -0.2) is 0 Å². The molecule has 0 spiro atoms. The van der Waals surface area contributed by atoms with E-state index >= 15 is 0 Å². The molecule has 0 aromatic heterocycles. The molecule has 7 heteroatoms. The van der Waals surface area contributed by atoms with Crippen molar-refractivity contribution in [3.8, 4) is 5.75 Å². The third-order valence-electron chi connectivity index (χ3n) is 3.76. The molecule has 25 heavy (non-hydrogen) atoms. The van der Waals surface area contributed by atoms with Gasteiger partial charge in [-0.1, -0.05) is 31.2 Å². The third-order valence-corrected chi connectivity index (χ3v) is 3.76. The number of aryl methyl sites for hydroxylation is 2. The van der Waals surface area contributed by atoms with Crippen LogP contribution in [0, 0.1) is 17.0 Å². The van der Waals surface area contributed by atoms with E-state index in [2.05, 4.69) is 12.2 Å². The molecule has 0 unspecified atom stereocenters. The number of nitrogens with one attached hydrogen (secondary N) is 1. The van der Waals surface area contributed by atoms with Gasteiger partial charge >= 0.3 is 29.6 Å². The number of amides is 1. The van der Waals surface area contributed by atoms with Crippen molar-refractivity contribution in [2.75, 3.05) is 5.32 Å². The van der Waals surface area contributed by atoms with E-state index in [9.17, 15) is 20.0 Å². The van der Waals surface area contributed by atoms with E-state index in [0.29, 0.717) is 11.3 Å². The second-order valence-electron chi connectivity index (χ2n) is 5.65. The molecular weight excluding hydrogens is 331 g/mol. The standard InChI is InChI=1S/C18H20N2O4.Na/c1-3-4-5-13-6-9-17(21)15(11-13)18(22)19-14-7-8-16(20(23)24)12(2)10-14;/h6-11,21H,3-5H2,1-2H3,(H,19,22);/q;+1/p-1. The van der Waals surface area contributed by atoms with Crippen LogP contribution in [0.4, 0.5) is 11.4 Å². The maximum Gasteiger partial charge on any atom is 1.00 e. The van der Waals surface area contributed by atoms with Crippen LogP contribution < -0.4 is 40.0 Å². The summed E-state index contributed by atoms with van der Waals surface area (Å²) in [4.78, 5) is 22.7. The first kappa shape index (κ1) is 21.2. The van der Waals surface area contributed by atoms with Crippen molar-refractivity contribution in [1.29, 1.82) is 0 Å². The van der Waals surface area contributed by atoms with E-state index in [1.54, 1.807) is 19.1 Å². The minimum absolute atomic E-state index is 0. The maximum atomic E-state index is 12.3. The van der Waals surface area contributed by atoms with Crippen molar-refractivity contribution in [3.05, 3.63) is 63.2 Å². The molecule has 2 rings (SSSR count). The predicted molar refractivity (Wildman–Crippen MR) is 90.3 cm³/mol. The quantitative estimate of drug-likeness (QED) is 0.468. The Balaban J connectivity index is 0.00000312. The molecule has 0 aliphatic heterocycles. The number of nitro benzene ring substituents is 1. The summed E-state index contributed by atoms with van der Waals surface area (Å²) in [5, 5.41) is 25.4. The molecule has 0 saturated carbocycles. The average Bonchev–Trinajstić information content (AvgIpc) is 2.53. The van der Waals surface area contributed by atoms with E-state index in [0.717, 1.165) is 24.8 Å². The van der Waals surface area contributed by atoms with Crippen molar-refractivity contribution in [2.24, 2.45) is 0 Å². The summed E-state index contributed by atoms with van der Waals surface area (Å²) in [5.41, 5.74) is 1.87. The SMILES string of the molecule is CCCCc1ccc([O-])c(C(=O)Nc2ccc([N+](=O)[O-])c(C)c2)c1.[Na+]. The smallest absolute Gasteiger partial charge is 0.872 e. The first-order valence-corrected chi connectivity index (χ1v) is 7.78. The summed E-state index contributed by atoms with van der Waals surface area (Å²) in [5.74, 6) is -0.849. The monoisotopic (exact) mass is 350 g/mol. The summed E-state index contributed by atoms with van der Waals surface area (Å²) >= 11 is 0. The molecule has 6 nitrogen and oxygen atoms in total. The maximum absolute atomic E-state index is 12.3. The van der Waals surface area contributed by atoms with E-state index < -0.39 is 10.8 Å². The topological polar surface area (TPSA) is 95.3 Å². The van der Waals surface area contributed by atoms with Gasteiger partial charge in [0.05, 0.1) is 4.92 Å². The summed E-state index contributed by atoms with van der Waals surface area (Å²) < 4.78 is 0. The fraction of sp³-hybridized carbons (Fsp3) is 0.278. The normalized spacial score (nSPS) is 10.0. The van der Waals surface area contributed by atoms with Crippen molar-refractivity contribution >= 4 is 17.3 Å². The fourth-order valence-corrected chi connectivity index (χ4v) is 2.43. The molecule has 0 aliphatic rings.